The number of amides is 1. The van der Waals surface area contributed by atoms with Gasteiger partial charge in [-0.3, -0.25) is 4.79 Å². The van der Waals surface area contributed by atoms with E-state index in [2.05, 4.69) is 11.9 Å². The molecule has 1 fully saturated rings. The fourth-order valence-corrected chi connectivity index (χ4v) is 3.07. The molecule has 142 valence electrons. The van der Waals surface area contributed by atoms with Crippen molar-refractivity contribution in [3.05, 3.63) is 83.2 Å². The summed E-state index contributed by atoms with van der Waals surface area (Å²) >= 11 is 0. The van der Waals surface area contributed by atoms with Gasteiger partial charge in [0.15, 0.2) is 0 Å². The summed E-state index contributed by atoms with van der Waals surface area (Å²) in [7, 11) is 1.44. The average molecular weight is 382 g/mol. The van der Waals surface area contributed by atoms with Gasteiger partial charge in [-0.1, -0.05) is 18.7 Å². The van der Waals surface area contributed by atoms with Crippen LogP contribution in [0.5, 0.6) is 0 Å². The van der Waals surface area contributed by atoms with E-state index in [9.17, 15) is 26.7 Å². The number of nitrogens with one attached hydrogen (secondary N) is 1. The minimum absolute atomic E-state index is 0.109. The Morgan fingerprint density at radius 2 is 1.70 bits per heavy atom. The quantitative estimate of drug-likeness (QED) is 0.784. The van der Waals surface area contributed by atoms with Crippen LogP contribution in [0.1, 0.15) is 28.7 Å². The van der Waals surface area contributed by atoms with Crippen molar-refractivity contribution in [2.24, 2.45) is 0 Å². The van der Waals surface area contributed by atoms with Crippen LogP contribution in [0.2, 0.25) is 0 Å². The third-order valence-electron chi connectivity index (χ3n) is 4.55. The van der Waals surface area contributed by atoms with E-state index in [1.54, 1.807) is 0 Å². The zero-order valence-corrected chi connectivity index (χ0v) is 14.1. The van der Waals surface area contributed by atoms with Crippen LogP contribution in [0.25, 0.3) is 0 Å². The van der Waals surface area contributed by atoms with E-state index < -0.39 is 41.2 Å². The minimum Gasteiger partial charge on any atom is -0.364 e. The predicted molar refractivity (Wildman–Crippen MR) is 88.3 cm³/mol. The average Bonchev–Trinajstić information content (AvgIpc) is 2.61. The Morgan fingerprint density at radius 3 is 2.30 bits per heavy atom. The lowest BCUT2D eigenvalue weighted by molar-refractivity contribution is -0.137. The van der Waals surface area contributed by atoms with Crippen molar-refractivity contribution in [2.45, 2.75) is 18.1 Å². The van der Waals surface area contributed by atoms with Crippen molar-refractivity contribution in [3.63, 3.8) is 0 Å². The Bertz CT molecular complexity index is 892. The molecule has 1 heterocycles. The number of nitrogens with zero attached hydrogens (tertiary/aromatic N) is 1. The van der Waals surface area contributed by atoms with Crippen molar-refractivity contribution in [2.75, 3.05) is 7.05 Å². The van der Waals surface area contributed by atoms with Crippen LogP contribution in [0.4, 0.5) is 22.0 Å². The van der Waals surface area contributed by atoms with Gasteiger partial charge in [0.1, 0.15) is 17.5 Å². The van der Waals surface area contributed by atoms with Gasteiger partial charge in [0, 0.05) is 12.6 Å². The van der Waals surface area contributed by atoms with Crippen LogP contribution in [-0.2, 0) is 11.0 Å². The molecule has 1 amide bonds. The highest BCUT2D eigenvalue weighted by Gasteiger charge is 2.40. The van der Waals surface area contributed by atoms with Crippen molar-refractivity contribution in [1.82, 2.24) is 10.2 Å². The Labute approximate surface area is 152 Å². The third kappa shape index (κ3) is 3.51. The molecular formula is C19H15F5N2O. The molecule has 3 nitrogen and oxygen atoms in total. The van der Waals surface area contributed by atoms with Crippen molar-refractivity contribution >= 4 is 5.91 Å². The van der Waals surface area contributed by atoms with Crippen LogP contribution < -0.4 is 5.32 Å². The molecule has 0 radical (unpaired) electrons. The van der Waals surface area contributed by atoms with Gasteiger partial charge in [-0.15, -0.1) is 0 Å². The molecule has 0 aliphatic carbocycles. The molecular weight excluding hydrogens is 367 g/mol. The van der Waals surface area contributed by atoms with Gasteiger partial charge in [0.25, 0.3) is 0 Å². The molecule has 1 saturated heterocycles. The molecule has 0 saturated carbocycles. The number of alkyl halides is 3. The van der Waals surface area contributed by atoms with Gasteiger partial charge in [0.2, 0.25) is 5.91 Å². The van der Waals surface area contributed by atoms with Gasteiger partial charge < -0.3 is 10.2 Å². The number of carbonyl (C=O) groups is 1. The third-order valence-corrected chi connectivity index (χ3v) is 4.55. The number of rotatable bonds is 2. The second-order valence-electron chi connectivity index (χ2n) is 6.23. The standard InChI is InChI=1S/C19H15F5N2O/c1-10-25-17(14-9-13(20)7-8-15(14)21)16(18(27)26(10)2)11-3-5-12(6-4-11)19(22,23)24/h3-9,16-17,25H,1H2,2H3/t16-,17?/m1/s1. The summed E-state index contributed by atoms with van der Waals surface area (Å²) in [6.45, 7) is 3.68. The Morgan fingerprint density at radius 1 is 1.07 bits per heavy atom. The number of carbonyl (C=O) groups excluding carboxylic acids is 1. The second-order valence-corrected chi connectivity index (χ2v) is 6.23. The van der Waals surface area contributed by atoms with Crippen molar-refractivity contribution in [3.8, 4) is 0 Å². The maximum Gasteiger partial charge on any atom is 0.416 e. The lowest BCUT2D eigenvalue weighted by Gasteiger charge is -2.39. The SMILES string of the molecule is C=C1NC(c2cc(F)ccc2F)[C@@H](c2ccc(C(F)(F)F)cc2)C(=O)N1C. The molecule has 1 N–H and O–H groups in total. The molecule has 1 aliphatic heterocycles. The van der Waals surface area contributed by atoms with Gasteiger partial charge in [-0.05, 0) is 35.9 Å². The Balaban J connectivity index is 2.09. The van der Waals surface area contributed by atoms with E-state index in [1.165, 1.54) is 24.1 Å². The highest BCUT2D eigenvalue weighted by atomic mass is 19.4. The minimum atomic E-state index is -4.52. The van der Waals surface area contributed by atoms with Crippen LogP contribution >= 0.6 is 0 Å². The number of halogens is 5. The molecule has 1 unspecified atom stereocenters. The highest BCUT2D eigenvalue weighted by Crippen LogP contribution is 2.39. The summed E-state index contributed by atoms with van der Waals surface area (Å²) in [6.07, 6.45) is -4.52. The molecule has 1 aliphatic rings. The molecule has 0 spiro atoms. The van der Waals surface area contributed by atoms with Gasteiger partial charge in [0.05, 0.1) is 17.5 Å². The molecule has 3 rings (SSSR count). The van der Waals surface area contributed by atoms with Crippen LogP contribution in [0.15, 0.2) is 54.9 Å². The lowest BCUT2D eigenvalue weighted by Crippen LogP contribution is -2.48. The maximum atomic E-state index is 14.3. The molecule has 0 aromatic heterocycles. The van der Waals surface area contributed by atoms with Crippen LogP contribution in [0, 0.1) is 11.6 Å². The predicted octanol–water partition coefficient (Wildman–Crippen LogP) is 4.34. The molecule has 27 heavy (non-hydrogen) atoms. The Kier molecular flexibility index (Phi) is 4.67. The lowest BCUT2D eigenvalue weighted by atomic mass is 9.83. The first-order valence-electron chi connectivity index (χ1n) is 7.94. The molecule has 2 atom stereocenters. The summed E-state index contributed by atoms with van der Waals surface area (Å²) in [5.41, 5.74) is -0.732. The van der Waals surface area contributed by atoms with Crippen LogP contribution in [-0.4, -0.2) is 17.9 Å². The summed E-state index contributed by atoms with van der Waals surface area (Å²) in [5.74, 6) is -2.81. The largest absolute Gasteiger partial charge is 0.416 e. The fraction of sp³-hybridized carbons (Fsp3) is 0.211. The maximum absolute atomic E-state index is 14.3. The summed E-state index contributed by atoms with van der Waals surface area (Å²) in [5, 5.41) is 2.86. The first-order valence-corrected chi connectivity index (χ1v) is 7.94. The number of hydrogen-bond donors (Lipinski definition) is 1. The normalized spacial score (nSPS) is 20.6. The van der Waals surface area contributed by atoms with Crippen LogP contribution in [0.3, 0.4) is 0 Å². The highest BCUT2D eigenvalue weighted by molar-refractivity contribution is 5.87. The van der Waals surface area contributed by atoms with E-state index in [-0.39, 0.29) is 16.9 Å². The van der Waals surface area contributed by atoms with E-state index >= 15 is 0 Å². The number of hydrogen-bond acceptors (Lipinski definition) is 2. The smallest absolute Gasteiger partial charge is 0.364 e. The fourth-order valence-electron chi connectivity index (χ4n) is 3.07. The molecule has 2 aromatic carbocycles. The summed E-state index contributed by atoms with van der Waals surface area (Å²) < 4.78 is 66.4. The van der Waals surface area contributed by atoms with E-state index in [0.717, 1.165) is 30.3 Å². The zero-order valence-electron chi connectivity index (χ0n) is 14.1. The van der Waals surface area contributed by atoms with Gasteiger partial charge in [-0.2, -0.15) is 13.2 Å². The van der Waals surface area contributed by atoms with E-state index in [4.69, 9.17) is 0 Å². The molecule has 2 aromatic rings. The Hall–Kier alpha value is -2.90. The molecule has 0 bridgehead atoms. The first kappa shape index (κ1) is 18.9. The number of benzene rings is 2. The summed E-state index contributed by atoms with van der Waals surface area (Å²) in [6, 6.07) is 5.84. The monoisotopic (exact) mass is 382 g/mol. The number of likely N-dealkylation sites (N-methyl/N-ethyl adjacent to an activating group) is 1. The summed E-state index contributed by atoms with van der Waals surface area (Å²) in [4.78, 5) is 14.0. The molecule has 8 heteroatoms. The van der Waals surface area contributed by atoms with Crippen molar-refractivity contribution in [1.29, 1.82) is 0 Å². The van der Waals surface area contributed by atoms with Crippen molar-refractivity contribution < 1.29 is 26.7 Å². The van der Waals surface area contributed by atoms with Gasteiger partial charge >= 0.3 is 6.18 Å². The topological polar surface area (TPSA) is 32.3 Å². The van der Waals surface area contributed by atoms with E-state index in [0.29, 0.717) is 0 Å². The van der Waals surface area contributed by atoms with E-state index in [1.807, 2.05) is 0 Å². The van der Waals surface area contributed by atoms with Gasteiger partial charge in [-0.25, -0.2) is 8.78 Å². The first-order chi connectivity index (χ1) is 12.6. The zero-order chi connectivity index (χ0) is 19.9. The second kappa shape index (κ2) is 6.68.